The first-order valence-electron chi connectivity index (χ1n) is 5.20. The van der Waals surface area contributed by atoms with E-state index in [1.54, 1.807) is 0 Å². The fourth-order valence-electron chi connectivity index (χ4n) is 2.88. The third-order valence-corrected chi connectivity index (χ3v) is 3.54. The largest absolute Gasteiger partial charge is 0.462 e. The fraction of sp³-hybridized carbons (Fsp3) is 0.900. The van der Waals surface area contributed by atoms with Crippen LogP contribution in [0.3, 0.4) is 0 Å². The van der Waals surface area contributed by atoms with Crippen LogP contribution in [-0.4, -0.2) is 31.1 Å². The van der Waals surface area contributed by atoms with Crippen molar-refractivity contribution in [3.05, 3.63) is 0 Å². The molecule has 0 aromatic rings. The summed E-state index contributed by atoms with van der Waals surface area (Å²) in [5.74, 6) is 0.639. The zero-order valence-electron chi connectivity index (χ0n) is 8.14. The number of ether oxygens (including phenoxy) is 3. The van der Waals surface area contributed by atoms with E-state index in [2.05, 4.69) is 0 Å². The minimum atomic E-state index is -0.106. The minimum absolute atomic E-state index is 0.0583. The smallest absolute Gasteiger partial charge is 0.306 e. The lowest BCUT2D eigenvalue weighted by molar-refractivity contribution is -0.224. The zero-order valence-corrected chi connectivity index (χ0v) is 8.14. The molecule has 0 aromatic carbocycles. The van der Waals surface area contributed by atoms with Crippen LogP contribution in [0.25, 0.3) is 0 Å². The van der Waals surface area contributed by atoms with Crippen LogP contribution in [0.15, 0.2) is 0 Å². The van der Waals surface area contributed by atoms with E-state index in [0.29, 0.717) is 24.9 Å². The van der Waals surface area contributed by atoms with Gasteiger partial charge in [0, 0.05) is 18.3 Å². The lowest BCUT2D eigenvalue weighted by Crippen LogP contribution is -2.37. The van der Waals surface area contributed by atoms with Gasteiger partial charge in [-0.25, -0.2) is 0 Å². The molecule has 0 spiro atoms. The summed E-state index contributed by atoms with van der Waals surface area (Å²) in [5, 5.41) is 0. The van der Waals surface area contributed by atoms with E-state index in [9.17, 15) is 4.79 Å². The molecule has 3 rings (SSSR count). The van der Waals surface area contributed by atoms with Crippen LogP contribution < -0.4 is 0 Å². The van der Waals surface area contributed by atoms with Crippen LogP contribution in [0.4, 0.5) is 0 Å². The fourth-order valence-corrected chi connectivity index (χ4v) is 2.88. The normalized spacial score (nSPS) is 51.2. The van der Waals surface area contributed by atoms with Gasteiger partial charge in [0.1, 0.15) is 6.10 Å². The Kier molecular flexibility index (Phi) is 1.82. The van der Waals surface area contributed by atoms with Crippen LogP contribution in [0.1, 0.15) is 19.8 Å². The van der Waals surface area contributed by atoms with Gasteiger partial charge >= 0.3 is 5.97 Å². The highest BCUT2D eigenvalue weighted by Crippen LogP contribution is 2.44. The van der Waals surface area contributed by atoms with E-state index in [4.69, 9.17) is 14.2 Å². The molecule has 0 aromatic heterocycles. The van der Waals surface area contributed by atoms with Gasteiger partial charge in [-0.1, -0.05) is 0 Å². The predicted molar refractivity (Wildman–Crippen MR) is 46.4 cm³/mol. The van der Waals surface area contributed by atoms with Gasteiger partial charge < -0.3 is 14.2 Å². The van der Waals surface area contributed by atoms with Gasteiger partial charge in [0.2, 0.25) is 0 Å². The molecule has 0 amide bonds. The lowest BCUT2D eigenvalue weighted by atomic mass is 9.92. The van der Waals surface area contributed by atoms with Crippen LogP contribution in [-0.2, 0) is 19.0 Å². The van der Waals surface area contributed by atoms with Crippen LogP contribution in [0.5, 0.6) is 0 Å². The Bertz CT molecular complexity index is 265. The molecule has 2 heterocycles. The molecule has 0 radical (unpaired) electrons. The van der Waals surface area contributed by atoms with E-state index >= 15 is 0 Å². The molecule has 0 N–H and O–H groups in total. The van der Waals surface area contributed by atoms with Gasteiger partial charge in [-0.3, -0.25) is 4.79 Å². The highest BCUT2D eigenvalue weighted by atomic mass is 16.7. The van der Waals surface area contributed by atoms with E-state index in [1.807, 2.05) is 6.92 Å². The summed E-state index contributed by atoms with van der Waals surface area (Å²) in [7, 11) is 0. The Balaban J connectivity index is 1.77. The van der Waals surface area contributed by atoms with Gasteiger partial charge in [0.05, 0.1) is 19.1 Å². The Morgan fingerprint density at radius 2 is 2.14 bits per heavy atom. The van der Waals surface area contributed by atoms with Crippen LogP contribution >= 0.6 is 0 Å². The Morgan fingerprint density at radius 1 is 1.29 bits per heavy atom. The molecule has 2 saturated heterocycles. The molecule has 4 heteroatoms. The van der Waals surface area contributed by atoms with Crippen molar-refractivity contribution in [3.63, 3.8) is 0 Å². The molecule has 3 fully saturated rings. The molecule has 0 bridgehead atoms. The summed E-state index contributed by atoms with van der Waals surface area (Å²) in [5.41, 5.74) is 0. The topological polar surface area (TPSA) is 44.8 Å². The first-order valence-corrected chi connectivity index (χ1v) is 5.20. The lowest BCUT2D eigenvalue weighted by Gasteiger charge is -2.32. The summed E-state index contributed by atoms with van der Waals surface area (Å²) in [6, 6.07) is 0. The van der Waals surface area contributed by atoms with Gasteiger partial charge in [0.15, 0.2) is 6.29 Å². The summed E-state index contributed by atoms with van der Waals surface area (Å²) < 4.78 is 16.4. The second-order valence-corrected chi connectivity index (χ2v) is 4.37. The summed E-state index contributed by atoms with van der Waals surface area (Å²) >= 11 is 0. The van der Waals surface area contributed by atoms with Crippen molar-refractivity contribution < 1.29 is 19.0 Å². The van der Waals surface area contributed by atoms with Crippen molar-refractivity contribution in [2.24, 2.45) is 11.8 Å². The minimum Gasteiger partial charge on any atom is -0.462 e. The quantitative estimate of drug-likeness (QED) is 0.537. The molecule has 3 aliphatic rings. The second kappa shape index (κ2) is 2.94. The molecule has 4 nitrogen and oxygen atoms in total. The molecule has 1 aliphatic carbocycles. The maximum atomic E-state index is 11.1. The van der Waals surface area contributed by atoms with E-state index in [-0.39, 0.29) is 24.5 Å². The van der Waals surface area contributed by atoms with Crippen LogP contribution in [0, 0.1) is 11.8 Å². The molecular weight excluding hydrogens is 184 g/mol. The highest BCUT2D eigenvalue weighted by molar-refractivity contribution is 5.72. The average Bonchev–Trinajstić information content (AvgIpc) is 2.59. The summed E-state index contributed by atoms with van der Waals surface area (Å²) in [6.07, 6.45) is 1.63. The van der Waals surface area contributed by atoms with Gasteiger partial charge in [0.25, 0.3) is 0 Å². The first kappa shape index (κ1) is 8.68. The molecule has 14 heavy (non-hydrogen) atoms. The number of fused-ring (bicyclic) bond motifs is 3. The monoisotopic (exact) mass is 198 g/mol. The number of rotatable bonds is 0. The Morgan fingerprint density at radius 3 is 3.00 bits per heavy atom. The first-order chi connectivity index (χ1) is 6.74. The second-order valence-electron chi connectivity index (χ2n) is 4.37. The maximum absolute atomic E-state index is 11.1. The predicted octanol–water partition coefficient (Wildman–Crippen LogP) is 0.699. The average molecular weight is 198 g/mol. The van der Waals surface area contributed by atoms with Crippen molar-refractivity contribution in [1.29, 1.82) is 0 Å². The van der Waals surface area contributed by atoms with Gasteiger partial charge in [-0.15, -0.1) is 0 Å². The summed E-state index contributed by atoms with van der Waals surface area (Å²) in [4.78, 5) is 11.1. The van der Waals surface area contributed by atoms with E-state index in [1.165, 1.54) is 0 Å². The van der Waals surface area contributed by atoms with Crippen molar-refractivity contribution in [3.8, 4) is 0 Å². The molecular formula is C10H14O4. The van der Waals surface area contributed by atoms with Crippen LogP contribution in [0.2, 0.25) is 0 Å². The van der Waals surface area contributed by atoms with Gasteiger partial charge in [-0.05, 0) is 6.92 Å². The SMILES string of the molecule is C[C@@H]1OC[C@H]2[C@@H]3CC(=O)O[C@@H]3C[C@@H]2O1. The molecule has 5 atom stereocenters. The number of hydrogen-bond acceptors (Lipinski definition) is 4. The standard InChI is InChI=1S/C10H14O4/c1-5-12-4-7-6-2-10(11)14-8(6)3-9(7)13-5/h5-9H,2-4H2,1H3/t5-,6+,7+,8-,9+/m1/s1. The Labute approximate surface area is 82.5 Å². The van der Waals surface area contributed by atoms with Crippen molar-refractivity contribution >= 4 is 5.97 Å². The maximum Gasteiger partial charge on any atom is 0.306 e. The number of carbonyl (C=O) groups excluding carboxylic acids is 1. The number of hydrogen-bond donors (Lipinski definition) is 0. The number of esters is 1. The number of carbonyl (C=O) groups is 1. The Hall–Kier alpha value is -0.610. The summed E-state index contributed by atoms with van der Waals surface area (Å²) in [6.45, 7) is 2.62. The third kappa shape index (κ3) is 1.17. The molecule has 2 aliphatic heterocycles. The van der Waals surface area contributed by atoms with Crippen molar-refractivity contribution in [1.82, 2.24) is 0 Å². The zero-order chi connectivity index (χ0) is 9.71. The van der Waals surface area contributed by atoms with Crippen molar-refractivity contribution in [2.75, 3.05) is 6.61 Å². The molecule has 1 saturated carbocycles. The molecule has 78 valence electrons. The van der Waals surface area contributed by atoms with Crippen molar-refractivity contribution in [2.45, 2.75) is 38.3 Å². The van der Waals surface area contributed by atoms with E-state index in [0.717, 1.165) is 6.42 Å². The van der Waals surface area contributed by atoms with Gasteiger partial charge in [-0.2, -0.15) is 0 Å². The van der Waals surface area contributed by atoms with E-state index < -0.39 is 0 Å². The highest BCUT2D eigenvalue weighted by Gasteiger charge is 2.52. The molecule has 0 unspecified atom stereocenters. The third-order valence-electron chi connectivity index (χ3n) is 3.54.